The number of ether oxygens (including phenoxy) is 1. The van der Waals surface area contributed by atoms with Crippen molar-refractivity contribution in [1.82, 2.24) is 4.98 Å². The molecule has 0 aromatic carbocycles. The molecular weight excluding hydrogens is 247 g/mol. The molecule has 0 aliphatic carbocycles. The molecule has 0 saturated heterocycles. The molecule has 0 saturated carbocycles. The van der Waals surface area contributed by atoms with E-state index in [1.165, 1.54) is 0 Å². The van der Waals surface area contributed by atoms with Gasteiger partial charge in [-0.15, -0.1) is 11.6 Å². The Bertz CT molecular complexity index is 412. The Morgan fingerprint density at radius 3 is 2.69 bits per heavy atom. The highest BCUT2D eigenvalue weighted by Crippen LogP contribution is 2.27. The molecule has 88 valence electrons. The lowest BCUT2D eigenvalue weighted by Gasteiger charge is -2.10. The molecule has 16 heavy (non-hydrogen) atoms. The van der Waals surface area contributed by atoms with Crippen molar-refractivity contribution in [1.29, 1.82) is 0 Å². The van der Waals surface area contributed by atoms with Crippen molar-refractivity contribution in [3.05, 3.63) is 28.8 Å². The molecule has 1 aromatic rings. The van der Waals surface area contributed by atoms with Crippen LogP contribution in [-0.2, 0) is 10.6 Å². The summed E-state index contributed by atoms with van der Waals surface area (Å²) < 4.78 is 42.6. The minimum absolute atomic E-state index is 0.383. The maximum atomic E-state index is 13.1. The third kappa shape index (κ3) is 2.27. The highest BCUT2D eigenvalue weighted by molar-refractivity contribution is 6.17. The molecule has 3 nitrogen and oxygen atoms in total. The number of aromatic nitrogens is 1. The van der Waals surface area contributed by atoms with Gasteiger partial charge in [-0.3, -0.25) is 0 Å². The Labute approximate surface area is 94.2 Å². The van der Waals surface area contributed by atoms with E-state index in [0.29, 0.717) is 6.20 Å². The van der Waals surface area contributed by atoms with E-state index in [1.807, 2.05) is 0 Å². The fourth-order valence-corrected chi connectivity index (χ4v) is 1.42. The van der Waals surface area contributed by atoms with Crippen molar-refractivity contribution in [2.45, 2.75) is 12.3 Å². The molecule has 0 amide bonds. The Morgan fingerprint density at radius 2 is 2.25 bits per heavy atom. The number of pyridine rings is 1. The summed E-state index contributed by atoms with van der Waals surface area (Å²) >= 11 is 5.38. The average molecular weight is 254 g/mol. The predicted octanol–water partition coefficient (Wildman–Crippen LogP) is 2.68. The molecule has 1 aromatic heterocycles. The summed E-state index contributed by atoms with van der Waals surface area (Å²) in [5.41, 5.74) is -1.63. The number of hydrogen-bond acceptors (Lipinski definition) is 3. The van der Waals surface area contributed by atoms with Crippen LogP contribution in [0.4, 0.5) is 13.2 Å². The topological polar surface area (TPSA) is 39.2 Å². The summed E-state index contributed by atoms with van der Waals surface area (Å²) in [7, 11) is 1.01. The van der Waals surface area contributed by atoms with Crippen LogP contribution in [-0.4, -0.2) is 18.1 Å². The van der Waals surface area contributed by atoms with E-state index < -0.39 is 35.3 Å². The van der Waals surface area contributed by atoms with Crippen molar-refractivity contribution in [2.24, 2.45) is 0 Å². The minimum atomic E-state index is -2.95. The maximum absolute atomic E-state index is 13.1. The van der Waals surface area contributed by atoms with Crippen molar-refractivity contribution >= 4 is 17.6 Å². The molecule has 0 aliphatic rings. The van der Waals surface area contributed by atoms with Crippen molar-refractivity contribution < 1.29 is 22.7 Å². The molecule has 0 spiro atoms. The smallest absolute Gasteiger partial charge is 0.338 e. The first-order chi connectivity index (χ1) is 7.52. The van der Waals surface area contributed by atoms with E-state index in [4.69, 9.17) is 11.6 Å². The molecule has 0 fully saturated rings. The molecule has 0 N–H and O–H groups in total. The van der Waals surface area contributed by atoms with Crippen LogP contribution in [0.25, 0.3) is 0 Å². The summed E-state index contributed by atoms with van der Waals surface area (Å²) in [4.78, 5) is 14.4. The molecular formula is C9H7ClF3NO2. The zero-order chi connectivity index (χ0) is 12.3. The van der Waals surface area contributed by atoms with Crippen LogP contribution in [0.5, 0.6) is 0 Å². The largest absolute Gasteiger partial charge is 0.465 e. The number of carbonyl (C=O) groups is 1. The first-order valence-corrected chi connectivity index (χ1v) is 4.66. The van der Waals surface area contributed by atoms with Crippen LogP contribution in [0.3, 0.4) is 0 Å². The van der Waals surface area contributed by atoms with Crippen molar-refractivity contribution in [3.63, 3.8) is 0 Å². The van der Waals surface area contributed by atoms with Gasteiger partial charge in [0.15, 0.2) is 0 Å². The molecule has 0 radical (unpaired) electrons. The van der Waals surface area contributed by atoms with Crippen LogP contribution in [0.15, 0.2) is 6.20 Å². The normalized spacial score (nSPS) is 10.6. The Balaban J connectivity index is 3.47. The number of hydrogen-bond donors (Lipinski definition) is 0. The number of methoxy groups -OCH3 is 1. The van der Waals surface area contributed by atoms with Gasteiger partial charge in [0.25, 0.3) is 6.43 Å². The van der Waals surface area contributed by atoms with Gasteiger partial charge < -0.3 is 4.74 Å². The summed E-state index contributed by atoms with van der Waals surface area (Å²) in [6, 6.07) is 0. The van der Waals surface area contributed by atoms with E-state index in [0.717, 1.165) is 7.11 Å². The highest BCUT2D eigenvalue weighted by atomic mass is 35.5. The van der Waals surface area contributed by atoms with Gasteiger partial charge in [0.2, 0.25) is 5.95 Å². The van der Waals surface area contributed by atoms with Crippen LogP contribution in [0.1, 0.15) is 27.9 Å². The standard InChI is InChI=1S/C9H7ClF3NO2/c1-16-9(15)6-4(2-10)8(13)14-3-5(6)7(11)12/h3,7H,2H2,1H3. The van der Waals surface area contributed by atoms with Crippen molar-refractivity contribution in [2.75, 3.05) is 7.11 Å². The first-order valence-electron chi connectivity index (χ1n) is 4.12. The number of alkyl halides is 3. The Morgan fingerprint density at radius 1 is 1.62 bits per heavy atom. The van der Waals surface area contributed by atoms with Crippen molar-refractivity contribution in [3.8, 4) is 0 Å². The first kappa shape index (κ1) is 12.8. The van der Waals surface area contributed by atoms with E-state index in [-0.39, 0.29) is 5.56 Å². The fraction of sp³-hybridized carbons (Fsp3) is 0.333. The van der Waals surface area contributed by atoms with Gasteiger partial charge in [-0.05, 0) is 0 Å². The molecule has 1 heterocycles. The summed E-state index contributed by atoms with van der Waals surface area (Å²) in [5.74, 6) is -2.56. The molecule has 0 bridgehead atoms. The zero-order valence-electron chi connectivity index (χ0n) is 8.14. The Hall–Kier alpha value is -1.30. The van der Waals surface area contributed by atoms with Gasteiger partial charge in [0.05, 0.1) is 24.1 Å². The molecule has 0 unspecified atom stereocenters. The number of nitrogens with zero attached hydrogens (tertiary/aromatic N) is 1. The molecule has 7 heteroatoms. The maximum Gasteiger partial charge on any atom is 0.338 e. The second-order valence-corrected chi connectivity index (χ2v) is 3.05. The van der Waals surface area contributed by atoms with E-state index >= 15 is 0 Å². The highest BCUT2D eigenvalue weighted by Gasteiger charge is 2.25. The number of rotatable bonds is 3. The number of carbonyl (C=O) groups excluding carboxylic acids is 1. The zero-order valence-corrected chi connectivity index (χ0v) is 8.89. The second kappa shape index (κ2) is 5.16. The van der Waals surface area contributed by atoms with Gasteiger partial charge in [-0.2, -0.15) is 4.39 Å². The van der Waals surface area contributed by atoms with Gasteiger partial charge in [-0.1, -0.05) is 0 Å². The average Bonchev–Trinajstić information content (AvgIpc) is 2.27. The molecule has 1 rings (SSSR count). The van der Waals surface area contributed by atoms with Crippen LogP contribution < -0.4 is 0 Å². The monoisotopic (exact) mass is 253 g/mol. The molecule has 0 aliphatic heterocycles. The number of esters is 1. The molecule has 0 atom stereocenters. The third-order valence-electron chi connectivity index (χ3n) is 1.91. The Kier molecular flexibility index (Phi) is 4.12. The second-order valence-electron chi connectivity index (χ2n) is 2.78. The minimum Gasteiger partial charge on any atom is -0.465 e. The fourth-order valence-electron chi connectivity index (χ4n) is 1.18. The van der Waals surface area contributed by atoms with Crippen LogP contribution in [0.2, 0.25) is 0 Å². The summed E-state index contributed by atoms with van der Waals surface area (Å²) in [6.07, 6.45) is -2.35. The third-order valence-corrected chi connectivity index (χ3v) is 2.18. The lowest BCUT2D eigenvalue weighted by Crippen LogP contribution is -2.12. The summed E-state index contributed by atoms with van der Waals surface area (Å²) in [6.45, 7) is 0. The lowest BCUT2D eigenvalue weighted by atomic mass is 10.1. The quantitative estimate of drug-likeness (QED) is 0.472. The summed E-state index contributed by atoms with van der Waals surface area (Å²) in [5, 5.41) is 0. The van der Waals surface area contributed by atoms with Crippen LogP contribution >= 0.6 is 11.6 Å². The van der Waals surface area contributed by atoms with Gasteiger partial charge >= 0.3 is 5.97 Å². The van der Waals surface area contributed by atoms with Gasteiger partial charge in [0.1, 0.15) is 0 Å². The van der Waals surface area contributed by atoms with Gasteiger partial charge in [0, 0.05) is 11.8 Å². The van der Waals surface area contributed by atoms with E-state index in [2.05, 4.69) is 9.72 Å². The number of halogens is 4. The van der Waals surface area contributed by atoms with Crippen LogP contribution in [0, 0.1) is 5.95 Å². The lowest BCUT2D eigenvalue weighted by molar-refractivity contribution is 0.0587. The van der Waals surface area contributed by atoms with E-state index in [1.54, 1.807) is 0 Å². The van der Waals surface area contributed by atoms with Gasteiger partial charge in [-0.25, -0.2) is 18.6 Å². The predicted molar refractivity (Wildman–Crippen MR) is 50.0 cm³/mol. The van der Waals surface area contributed by atoms with E-state index in [9.17, 15) is 18.0 Å². The SMILES string of the molecule is COC(=O)c1c(C(F)F)cnc(F)c1CCl.